The third kappa shape index (κ3) is 4.37. The van der Waals surface area contributed by atoms with Gasteiger partial charge in [0.1, 0.15) is 5.75 Å². The first-order valence-corrected chi connectivity index (χ1v) is 9.91. The number of hydrogen-bond acceptors (Lipinski definition) is 6. The third-order valence-electron chi connectivity index (χ3n) is 3.15. The second kappa shape index (κ2) is 7.83. The molecule has 0 unspecified atom stereocenters. The van der Waals surface area contributed by atoms with Crippen LogP contribution in [0, 0.1) is 6.92 Å². The quantitative estimate of drug-likeness (QED) is 0.621. The summed E-state index contributed by atoms with van der Waals surface area (Å²) < 4.78 is 5.18. The molecule has 0 atom stereocenters. The molecule has 0 aliphatic rings. The smallest absolute Gasteiger partial charge is 0.236 e. The topological polar surface area (TPSA) is 51.2 Å². The first kappa shape index (κ1) is 17.0. The van der Waals surface area contributed by atoms with Gasteiger partial charge >= 0.3 is 0 Å². The molecule has 2 heterocycles. The number of benzene rings is 1. The number of aryl methyl sites for hydroxylation is 1. The van der Waals surface area contributed by atoms with Gasteiger partial charge in [-0.2, -0.15) is 0 Å². The van der Waals surface area contributed by atoms with Crippen molar-refractivity contribution < 1.29 is 9.53 Å². The number of nitrogens with zero attached hydrogens (tertiary/aromatic N) is 1. The van der Waals surface area contributed by atoms with E-state index in [-0.39, 0.29) is 5.91 Å². The SMILES string of the molecule is COc1cccc(SCC(=O)Nc2nc(-c3ccc(C)s3)cs2)c1. The molecule has 1 amide bonds. The number of rotatable bonds is 6. The van der Waals surface area contributed by atoms with E-state index in [2.05, 4.69) is 29.4 Å². The Labute approximate surface area is 152 Å². The lowest BCUT2D eigenvalue weighted by atomic mass is 10.3. The highest BCUT2D eigenvalue weighted by molar-refractivity contribution is 8.00. The minimum atomic E-state index is -0.0638. The summed E-state index contributed by atoms with van der Waals surface area (Å²) in [6.07, 6.45) is 0. The number of thiazole rings is 1. The molecule has 0 aliphatic carbocycles. The van der Waals surface area contributed by atoms with Crippen LogP contribution in [-0.2, 0) is 4.79 Å². The lowest BCUT2D eigenvalue weighted by Crippen LogP contribution is -2.13. The molecule has 2 aromatic heterocycles. The zero-order valence-electron chi connectivity index (χ0n) is 13.2. The molecule has 7 heteroatoms. The van der Waals surface area contributed by atoms with Crippen molar-refractivity contribution in [2.24, 2.45) is 0 Å². The summed E-state index contributed by atoms with van der Waals surface area (Å²) in [5.41, 5.74) is 0.911. The van der Waals surface area contributed by atoms with Gasteiger partial charge in [0.2, 0.25) is 5.91 Å². The van der Waals surface area contributed by atoms with Crippen LogP contribution in [0.2, 0.25) is 0 Å². The maximum Gasteiger partial charge on any atom is 0.236 e. The van der Waals surface area contributed by atoms with Crippen LogP contribution >= 0.6 is 34.4 Å². The zero-order valence-corrected chi connectivity index (χ0v) is 15.7. The van der Waals surface area contributed by atoms with E-state index in [0.29, 0.717) is 10.9 Å². The number of anilines is 1. The number of nitrogens with one attached hydrogen (secondary N) is 1. The average molecular weight is 377 g/mol. The van der Waals surface area contributed by atoms with E-state index in [4.69, 9.17) is 4.74 Å². The second-order valence-corrected chi connectivity index (χ2v) is 8.16. The van der Waals surface area contributed by atoms with E-state index in [1.807, 2.05) is 29.6 Å². The Bertz CT molecular complexity index is 842. The number of aromatic nitrogens is 1. The number of carbonyl (C=O) groups excluding carboxylic acids is 1. The fourth-order valence-electron chi connectivity index (χ4n) is 2.01. The van der Waals surface area contributed by atoms with Crippen molar-refractivity contribution in [2.75, 3.05) is 18.2 Å². The largest absolute Gasteiger partial charge is 0.497 e. The molecule has 0 fully saturated rings. The van der Waals surface area contributed by atoms with Crippen LogP contribution in [0.3, 0.4) is 0 Å². The molecule has 3 rings (SSSR count). The van der Waals surface area contributed by atoms with E-state index in [1.165, 1.54) is 28.0 Å². The van der Waals surface area contributed by atoms with Crippen molar-refractivity contribution in [1.82, 2.24) is 4.98 Å². The maximum absolute atomic E-state index is 12.1. The average Bonchev–Trinajstić information content (AvgIpc) is 3.22. The molecule has 0 bridgehead atoms. The Morgan fingerprint density at radius 2 is 2.21 bits per heavy atom. The molecule has 1 N–H and O–H groups in total. The number of ether oxygens (including phenoxy) is 1. The molecule has 124 valence electrons. The summed E-state index contributed by atoms with van der Waals surface area (Å²) in [5.74, 6) is 1.06. The fraction of sp³-hybridized carbons (Fsp3) is 0.176. The van der Waals surface area contributed by atoms with Crippen LogP contribution < -0.4 is 10.1 Å². The molecule has 3 aromatic rings. The maximum atomic E-state index is 12.1. The normalized spacial score (nSPS) is 10.6. The molecule has 24 heavy (non-hydrogen) atoms. The molecule has 1 aromatic carbocycles. The van der Waals surface area contributed by atoms with Gasteiger partial charge in [0.25, 0.3) is 0 Å². The van der Waals surface area contributed by atoms with Gasteiger partial charge < -0.3 is 10.1 Å². The molecule has 0 spiro atoms. The Morgan fingerprint density at radius 1 is 1.33 bits per heavy atom. The van der Waals surface area contributed by atoms with Crippen molar-refractivity contribution >= 4 is 45.5 Å². The van der Waals surface area contributed by atoms with E-state index >= 15 is 0 Å². The summed E-state index contributed by atoms with van der Waals surface area (Å²) in [4.78, 5) is 19.9. The summed E-state index contributed by atoms with van der Waals surface area (Å²) in [5, 5.41) is 5.46. The zero-order chi connectivity index (χ0) is 16.9. The Kier molecular flexibility index (Phi) is 5.55. The van der Waals surface area contributed by atoms with E-state index in [1.54, 1.807) is 18.4 Å². The van der Waals surface area contributed by atoms with Crippen LogP contribution in [0.5, 0.6) is 5.75 Å². The van der Waals surface area contributed by atoms with Crippen molar-refractivity contribution in [2.45, 2.75) is 11.8 Å². The molecule has 0 saturated carbocycles. The van der Waals surface area contributed by atoms with Crippen molar-refractivity contribution in [3.8, 4) is 16.3 Å². The Balaban J connectivity index is 1.56. The highest BCUT2D eigenvalue weighted by atomic mass is 32.2. The molecule has 0 aliphatic heterocycles. The van der Waals surface area contributed by atoms with Crippen LogP contribution in [0.1, 0.15) is 4.88 Å². The Hall–Kier alpha value is -1.83. The molecular weight excluding hydrogens is 360 g/mol. The number of thioether (sulfide) groups is 1. The Morgan fingerprint density at radius 3 is 2.96 bits per heavy atom. The predicted octanol–water partition coefficient (Wildman–Crippen LogP) is 4.92. The van der Waals surface area contributed by atoms with Crippen molar-refractivity contribution in [1.29, 1.82) is 0 Å². The monoisotopic (exact) mass is 376 g/mol. The lowest BCUT2D eigenvalue weighted by Gasteiger charge is -2.04. The first-order valence-electron chi connectivity index (χ1n) is 7.23. The van der Waals surface area contributed by atoms with Crippen molar-refractivity contribution in [3.63, 3.8) is 0 Å². The van der Waals surface area contributed by atoms with E-state index in [9.17, 15) is 4.79 Å². The van der Waals surface area contributed by atoms with Gasteiger partial charge in [0, 0.05) is 15.2 Å². The number of carbonyl (C=O) groups is 1. The molecule has 4 nitrogen and oxygen atoms in total. The number of amides is 1. The van der Waals surface area contributed by atoms with Crippen LogP contribution in [0.15, 0.2) is 46.7 Å². The third-order valence-corrected chi connectivity index (χ3v) is 5.93. The summed E-state index contributed by atoms with van der Waals surface area (Å²) >= 11 is 4.61. The highest BCUT2D eigenvalue weighted by Gasteiger charge is 2.10. The van der Waals surface area contributed by atoms with E-state index < -0.39 is 0 Å². The van der Waals surface area contributed by atoms with Gasteiger partial charge in [-0.25, -0.2) is 4.98 Å². The van der Waals surface area contributed by atoms with Crippen LogP contribution in [0.25, 0.3) is 10.6 Å². The second-order valence-electron chi connectivity index (χ2n) is 4.96. The highest BCUT2D eigenvalue weighted by Crippen LogP contribution is 2.30. The predicted molar refractivity (Wildman–Crippen MR) is 103 cm³/mol. The lowest BCUT2D eigenvalue weighted by molar-refractivity contribution is -0.113. The molecule has 0 radical (unpaired) electrons. The summed E-state index contributed by atoms with van der Waals surface area (Å²) in [6, 6.07) is 11.8. The summed E-state index contributed by atoms with van der Waals surface area (Å²) in [7, 11) is 1.63. The first-order chi connectivity index (χ1) is 11.6. The minimum absolute atomic E-state index is 0.0638. The number of hydrogen-bond donors (Lipinski definition) is 1. The van der Waals surface area contributed by atoms with Gasteiger partial charge in [-0.3, -0.25) is 4.79 Å². The summed E-state index contributed by atoms with van der Waals surface area (Å²) in [6.45, 7) is 2.07. The minimum Gasteiger partial charge on any atom is -0.497 e. The number of methoxy groups -OCH3 is 1. The van der Waals surface area contributed by atoms with E-state index in [0.717, 1.165) is 21.2 Å². The van der Waals surface area contributed by atoms with Crippen LogP contribution in [0.4, 0.5) is 5.13 Å². The standard InChI is InChI=1S/C17H16N2O2S3/c1-11-6-7-15(24-11)14-9-23-17(18-14)19-16(20)10-22-13-5-3-4-12(8-13)21-2/h3-9H,10H2,1-2H3,(H,18,19,20). The van der Waals surface area contributed by atoms with Gasteiger partial charge in [-0.1, -0.05) is 6.07 Å². The van der Waals surface area contributed by atoms with Crippen LogP contribution in [-0.4, -0.2) is 23.8 Å². The van der Waals surface area contributed by atoms with Crippen molar-refractivity contribution in [3.05, 3.63) is 46.7 Å². The van der Waals surface area contributed by atoms with Gasteiger partial charge in [0.05, 0.1) is 23.4 Å². The van der Waals surface area contributed by atoms with Gasteiger partial charge in [0.15, 0.2) is 5.13 Å². The van der Waals surface area contributed by atoms with Gasteiger partial charge in [-0.05, 0) is 37.3 Å². The van der Waals surface area contributed by atoms with Gasteiger partial charge in [-0.15, -0.1) is 34.4 Å². The molecule has 0 saturated heterocycles. The fourth-order valence-corrected chi connectivity index (χ4v) is 4.39. The molecular formula is C17H16N2O2S3. The number of thiophene rings is 1.